The van der Waals surface area contributed by atoms with Crippen molar-refractivity contribution >= 4 is 21.8 Å². The van der Waals surface area contributed by atoms with E-state index in [1.165, 1.54) is 44.3 Å². The summed E-state index contributed by atoms with van der Waals surface area (Å²) in [5.41, 5.74) is 3.66. The van der Waals surface area contributed by atoms with Crippen molar-refractivity contribution in [1.82, 2.24) is 4.31 Å². The Morgan fingerprint density at radius 3 is 2.41 bits per heavy atom. The van der Waals surface area contributed by atoms with Gasteiger partial charge in [-0.05, 0) is 68.0 Å². The summed E-state index contributed by atoms with van der Waals surface area (Å²) in [4.78, 5) is 25.4. The lowest BCUT2D eigenvalue weighted by molar-refractivity contribution is 0.0318. The fourth-order valence-electron chi connectivity index (χ4n) is 3.43. The number of benzene rings is 2. The Labute approximate surface area is 171 Å². The van der Waals surface area contributed by atoms with Crippen LogP contribution in [0.15, 0.2) is 41.3 Å². The van der Waals surface area contributed by atoms with Gasteiger partial charge < -0.3 is 4.74 Å². The van der Waals surface area contributed by atoms with Gasteiger partial charge in [0.1, 0.15) is 0 Å². The predicted octanol–water partition coefficient (Wildman–Crippen LogP) is 3.16. The minimum atomic E-state index is -3.68. The van der Waals surface area contributed by atoms with E-state index in [2.05, 4.69) is 0 Å². The van der Waals surface area contributed by atoms with Crippen molar-refractivity contribution in [3.8, 4) is 0 Å². The summed E-state index contributed by atoms with van der Waals surface area (Å²) in [6, 6.07) is 9.90. The molecule has 0 aliphatic heterocycles. The van der Waals surface area contributed by atoms with Crippen molar-refractivity contribution < 1.29 is 22.7 Å². The molecule has 0 amide bonds. The molecule has 1 atom stereocenters. The molecule has 3 rings (SSSR count). The Hall–Kier alpha value is -2.51. The third-order valence-electron chi connectivity index (χ3n) is 5.24. The van der Waals surface area contributed by atoms with E-state index in [-0.39, 0.29) is 16.2 Å². The van der Waals surface area contributed by atoms with Gasteiger partial charge in [-0.3, -0.25) is 4.79 Å². The Kier molecular flexibility index (Phi) is 5.91. The lowest BCUT2D eigenvalue weighted by Crippen LogP contribution is -2.26. The molecular formula is C22H25NO5S. The number of carbonyl (C=O) groups is 2. The van der Waals surface area contributed by atoms with E-state index >= 15 is 0 Å². The van der Waals surface area contributed by atoms with Crippen LogP contribution in [0.3, 0.4) is 0 Å². The first-order valence-corrected chi connectivity index (χ1v) is 11.0. The number of carbonyl (C=O) groups excluding carboxylic acids is 2. The number of nitrogens with zero attached hydrogens (tertiary/aromatic N) is 1. The van der Waals surface area contributed by atoms with Crippen molar-refractivity contribution in [2.45, 2.75) is 44.1 Å². The molecule has 0 saturated heterocycles. The van der Waals surface area contributed by atoms with Gasteiger partial charge in [-0.15, -0.1) is 0 Å². The molecule has 2 aromatic carbocycles. The van der Waals surface area contributed by atoms with Crippen molar-refractivity contribution in [2.75, 3.05) is 14.1 Å². The van der Waals surface area contributed by atoms with Gasteiger partial charge in [-0.1, -0.05) is 18.2 Å². The van der Waals surface area contributed by atoms with Crippen LogP contribution in [0.5, 0.6) is 0 Å². The molecule has 7 heteroatoms. The van der Waals surface area contributed by atoms with Crippen LogP contribution in [-0.4, -0.2) is 44.7 Å². The van der Waals surface area contributed by atoms with Crippen LogP contribution in [0.2, 0.25) is 0 Å². The highest BCUT2D eigenvalue weighted by Crippen LogP contribution is 2.24. The lowest BCUT2D eigenvalue weighted by Gasteiger charge is -2.16. The fourth-order valence-corrected chi connectivity index (χ4v) is 4.36. The van der Waals surface area contributed by atoms with Crippen LogP contribution < -0.4 is 0 Å². The third kappa shape index (κ3) is 4.26. The minimum Gasteiger partial charge on any atom is -0.451 e. The maximum Gasteiger partial charge on any atom is 0.339 e. The van der Waals surface area contributed by atoms with Gasteiger partial charge in [-0.2, -0.15) is 0 Å². The molecule has 6 nitrogen and oxygen atoms in total. The first kappa shape index (κ1) is 21.2. The Morgan fingerprint density at radius 2 is 1.72 bits per heavy atom. The monoisotopic (exact) mass is 415 g/mol. The van der Waals surface area contributed by atoms with E-state index < -0.39 is 22.1 Å². The first-order chi connectivity index (χ1) is 13.6. The summed E-state index contributed by atoms with van der Waals surface area (Å²) in [5, 5.41) is 0. The van der Waals surface area contributed by atoms with Crippen molar-refractivity contribution in [3.63, 3.8) is 0 Å². The van der Waals surface area contributed by atoms with E-state index in [4.69, 9.17) is 4.74 Å². The number of rotatable bonds is 6. The minimum absolute atomic E-state index is 0.00217. The highest BCUT2D eigenvalue weighted by Gasteiger charge is 2.25. The second kappa shape index (κ2) is 8.08. The zero-order valence-corrected chi connectivity index (χ0v) is 17.9. The van der Waals surface area contributed by atoms with Crippen molar-refractivity contribution in [2.24, 2.45) is 0 Å². The van der Waals surface area contributed by atoms with Gasteiger partial charge in [0.25, 0.3) is 0 Å². The fraction of sp³-hybridized carbons (Fsp3) is 0.364. The van der Waals surface area contributed by atoms with Crippen LogP contribution in [0, 0.1) is 6.92 Å². The van der Waals surface area contributed by atoms with E-state index in [0.29, 0.717) is 11.1 Å². The molecule has 154 valence electrons. The molecule has 1 aliphatic rings. The number of esters is 1. The summed E-state index contributed by atoms with van der Waals surface area (Å²) < 4.78 is 31.2. The summed E-state index contributed by atoms with van der Waals surface area (Å²) in [7, 11) is -0.842. The summed E-state index contributed by atoms with van der Waals surface area (Å²) in [6.07, 6.45) is 2.09. The van der Waals surface area contributed by atoms with Crippen molar-refractivity contribution in [1.29, 1.82) is 0 Å². The highest BCUT2D eigenvalue weighted by atomic mass is 32.2. The highest BCUT2D eigenvalue weighted by molar-refractivity contribution is 7.89. The molecule has 0 radical (unpaired) electrons. The number of ether oxygens (including phenoxy) is 1. The molecule has 1 aliphatic carbocycles. The zero-order valence-electron chi connectivity index (χ0n) is 17.1. The van der Waals surface area contributed by atoms with E-state index in [9.17, 15) is 18.0 Å². The molecule has 0 fully saturated rings. The van der Waals surface area contributed by atoms with Gasteiger partial charge in [0.15, 0.2) is 6.10 Å². The zero-order chi connectivity index (χ0) is 21.3. The third-order valence-corrected chi connectivity index (χ3v) is 7.05. The molecule has 2 aromatic rings. The van der Waals surface area contributed by atoms with Crippen LogP contribution in [0.25, 0.3) is 0 Å². The van der Waals surface area contributed by atoms with Gasteiger partial charge in [0.05, 0.1) is 10.5 Å². The number of fused-ring (bicyclic) bond motifs is 1. The molecule has 0 aromatic heterocycles. The van der Waals surface area contributed by atoms with Gasteiger partial charge >= 0.3 is 5.97 Å². The van der Waals surface area contributed by atoms with Crippen LogP contribution in [0.4, 0.5) is 0 Å². The van der Waals surface area contributed by atoms with Gasteiger partial charge in [-0.25, -0.2) is 17.5 Å². The maximum absolute atomic E-state index is 12.7. The first-order valence-electron chi connectivity index (χ1n) is 9.51. The Morgan fingerprint density at radius 1 is 1.03 bits per heavy atom. The maximum atomic E-state index is 12.7. The quantitative estimate of drug-likeness (QED) is 0.535. The SMILES string of the molecule is Cc1ccc(S(=O)(=O)N(C)C)cc1C(=O)O[C@H](C)C(=O)c1ccc2c(c1)CCC2. The van der Waals surface area contributed by atoms with Crippen LogP contribution in [0.1, 0.15) is 50.8 Å². The summed E-state index contributed by atoms with van der Waals surface area (Å²) >= 11 is 0. The van der Waals surface area contributed by atoms with Crippen LogP contribution >= 0.6 is 0 Å². The molecule has 0 saturated carbocycles. The summed E-state index contributed by atoms with van der Waals surface area (Å²) in [6.45, 7) is 3.22. The smallest absolute Gasteiger partial charge is 0.339 e. The lowest BCUT2D eigenvalue weighted by atomic mass is 10.0. The van der Waals surface area contributed by atoms with Gasteiger partial charge in [0, 0.05) is 19.7 Å². The van der Waals surface area contributed by atoms with E-state index in [0.717, 1.165) is 23.6 Å². The molecule has 0 bridgehead atoms. The average Bonchev–Trinajstić information content (AvgIpc) is 3.15. The van der Waals surface area contributed by atoms with Crippen molar-refractivity contribution in [3.05, 3.63) is 64.2 Å². The number of aryl methyl sites for hydroxylation is 3. The standard InChI is InChI=1S/C22H25NO5S/c1-14-8-11-19(29(26,27)23(3)4)13-20(14)22(25)28-15(2)21(24)18-10-9-16-6-5-7-17(16)12-18/h8-13,15H,5-7H2,1-4H3/t15-/m1/s1. The molecule has 0 heterocycles. The Bertz CT molecular complexity index is 1070. The van der Waals surface area contributed by atoms with E-state index in [1.807, 2.05) is 12.1 Å². The number of ketones is 1. The van der Waals surface area contributed by atoms with Crippen LogP contribution in [-0.2, 0) is 27.6 Å². The molecule has 0 N–H and O–H groups in total. The Balaban J connectivity index is 1.80. The average molecular weight is 416 g/mol. The molecule has 0 spiro atoms. The number of hydrogen-bond donors (Lipinski definition) is 0. The molecular weight excluding hydrogens is 390 g/mol. The largest absolute Gasteiger partial charge is 0.451 e. The molecule has 0 unspecified atom stereocenters. The summed E-state index contributed by atoms with van der Waals surface area (Å²) in [5.74, 6) is -0.997. The number of Topliss-reactive ketones (excluding diaryl/α,β-unsaturated/α-hetero) is 1. The van der Waals surface area contributed by atoms with E-state index in [1.54, 1.807) is 19.1 Å². The topological polar surface area (TPSA) is 80.8 Å². The predicted molar refractivity (Wildman–Crippen MR) is 110 cm³/mol. The second-order valence-corrected chi connectivity index (χ2v) is 9.66. The molecule has 29 heavy (non-hydrogen) atoms. The number of hydrogen-bond acceptors (Lipinski definition) is 5. The van der Waals surface area contributed by atoms with Gasteiger partial charge in [0.2, 0.25) is 15.8 Å². The normalized spacial score (nSPS) is 14.5. The number of sulfonamides is 1. The second-order valence-electron chi connectivity index (χ2n) is 7.51.